The SMILES string of the molecule is COc1cc(NC(=O)c2ccc(-c3ccccc3Cl)o2)cc(OC)c1OC. The number of anilines is 1. The van der Waals surface area contributed by atoms with E-state index in [4.69, 9.17) is 30.2 Å². The molecule has 0 saturated heterocycles. The molecule has 1 N–H and O–H groups in total. The Balaban J connectivity index is 1.85. The number of amides is 1. The lowest BCUT2D eigenvalue weighted by Gasteiger charge is -2.14. The van der Waals surface area contributed by atoms with Crippen LogP contribution >= 0.6 is 11.6 Å². The molecule has 1 amide bonds. The summed E-state index contributed by atoms with van der Waals surface area (Å²) in [7, 11) is 4.52. The molecule has 0 fully saturated rings. The predicted molar refractivity (Wildman–Crippen MR) is 103 cm³/mol. The number of hydrogen-bond acceptors (Lipinski definition) is 5. The van der Waals surface area contributed by atoms with Crippen LogP contribution < -0.4 is 19.5 Å². The highest BCUT2D eigenvalue weighted by Gasteiger charge is 2.17. The van der Waals surface area contributed by atoms with Crippen molar-refractivity contribution < 1.29 is 23.4 Å². The van der Waals surface area contributed by atoms with Crippen LogP contribution in [-0.2, 0) is 0 Å². The Hall–Kier alpha value is -3.12. The number of furan rings is 1. The van der Waals surface area contributed by atoms with E-state index in [-0.39, 0.29) is 5.76 Å². The van der Waals surface area contributed by atoms with Gasteiger partial charge in [-0.15, -0.1) is 0 Å². The summed E-state index contributed by atoms with van der Waals surface area (Å²) in [5.74, 6) is 1.56. The number of nitrogens with one attached hydrogen (secondary N) is 1. The smallest absolute Gasteiger partial charge is 0.291 e. The van der Waals surface area contributed by atoms with E-state index in [2.05, 4.69) is 5.32 Å². The Bertz CT molecular complexity index is 942. The third-order valence-corrected chi connectivity index (χ3v) is 4.22. The number of methoxy groups -OCH3 is 3. The van der Waals surface area contributed by atoms with Crippen LogP contribution in [0.5, 0.6) is 17.2 Å². The molecule has 0 aliphatic heterocycles. The predicted octanol–water partition coefficient (Wildman–Crippen LogP) is 4.88. The molecule has 7 heteroatoms. The molecule has 0 radical (unpaired) electrons. The highest BCUT2D eigenvalue weighted by atomic mass is 35.5. The van der Waals surface area contributed by atoms with Gasteiger partial charge < -0.3 is 23.9 Å². The molecular formula is C20H18ClNO5. The zero-order valence-corrected chi connectivity index (χ0v) is 15.8. The first-order valence-corrected chi connectivity index (χ1v) is 8.41. The highest BCUT2D eigenvalue weighted by Crippen LogP contribution is 2.40. The lowest BCUT2D eigenvalue weighted by atomic mass is 10.2. The zero-order valence-electron chi connectivity index (χ0n) is 15.0. The molecule has 6 nitrogen and oxygen atoms in total. The molecule has 0 aliphatic carbocycles. The van der Waals surface area contributed by atoms with Crippen LogP contribution in [0.1, 0.15) is 10.6 Å². The van der Waals surface area contributed by atoms with Crippen molar-refractivity contribution in [1.82, 2.24) is 0 Å². The van der Waals surface area contributed by atoms with Crippen molar-refractivity contribution in [2.24, 2.45) is 0 Å². The summed E-state index contributed by atoms with van der Waals surface area (Å²) in [6, 6.07) is 13.8. The van der Waals surface area contributed by atoms with E-state index in [0.29, 0.717) is 39.3 Å². The second-order valence-corrected chi connectivity index (χ2v) is 5.92. The third-order valence-electron chi connectivity index (χ3n) is 3.89. The first-order chi connectivity index (χ1) is 13.1. The van der Waals surface area contributed by atoms with Crippen LogP contribution in [0, 0.1) is 0 Å². The van der Waals surface area contributed by atoms with Crippen LogP contribution in [0.4, 0.5) is 5.69 Å². The standard InChI is InChI=1S/C20H18ClNO5/c1-24-17-10-12(11-18(25-2)19(17)26-3)22-20(23)16-9-8-15(27-16)13-6-4-5-7-14(13)21/h4-11H,1-3H3,(H,22,23). The van der Waals surface area contributed by atoms with Crippen LogP contribution in [0.15, 0.2) is 52.9 Å². The quantitative estimate of drug-likeness (QED) is 0.652. The second kappa shape index (κ2) is 8.05. The van der Waals surface area contributed by atoms with E-state index in [1.165, 1.54) is 21.3 Å². The maximum Gasteiger partial charge on any atom is 0.291 e. The Morgan fingerprint density at radius 1 is 0.963 bits per heavy atom. The fourth-order valence-electron chi connectivity index (χ4n) is 2.61. The molecule has 0 aliphatic rings. The van der Waals surface area contributed by atoms with Gasteiger partial charge in [-0.1, -0.05) is 23.7 Å². The van der Waals surface area contributed by atoms with Crippen molar-refractivity contribution in [3.05, 3.63) is 59.3 Å². The summed E-state index contributed by atoms with van der Waals surface area (Å²) in [4.78, 5) is 12.5. The van der Waals surface area contributed by atoms with Crippen molar-refractivity contribution in [2.75, 3.05) is 26.6 Å². The first-order valence-electron chi connectivity index (χ1n) is 8.03. The van der Waals surface area contributed by atoms with Crippen molar-refractivity contribution in [2.45, 2.75) is 0 Å². The number of halogens is 1. The van der Waals surface area contributed by atoms with Gasteiger partial charge in [0.15, 0.2) is 17.3 Å². The molecule has 1 heterocycles. The molecule has 27 heavy (non-hydrogen) atoms. The summed E-state index contributed by atoms with van der Waals surface area (Å²) in [5, 5.41) is 3.30. The summed E-state index contributed by atoms with van der Waals surface area (Å²) in [6.07, 6.45) is 0. The lowest BCUT2D eigenvalue weighted by molar-refractivity contribution is 0.0997. The number of ether oxygens (including phenoxy) is 3. The van der Waals surface area contributed by atoms with Gasteiger partial charge in [-0.3, -0.25) is 4.79 Å². The average Bonchev–Trinajstić information content (AvgIpc) is 3.17. The average molecular weight is 388 g/mol. The van der Waals surface area contributed by atoms with Gasteiger partial charge in [0.25, 0.3) is 5.91 Å². The minimum absolute atomic E-state index is 0.152. The molecule has 0 unspecified atom stereocenters. The van der Waals surface area contributed by atoms with Gasteiger partial charge in [-0.2, -0.15) is 0 Å². The van der Waals surface area contributed by atoms with Gasteiger partial charge in [0, 0.05) is 23.4 Å². The van der Waals surface area contributed by atoms with E-state index in [9.17, 15) is 4.79 Å². The maximum absolute atomic E-state index is 12.5. The van der Waals surface area contributed by atoms with Crippen molar-refractivity contribution in [1.29, 1.82) is 0 Å². The van der Waals surface area contributed by atoms with E-state index >= 15 is 0 Å². The van der Waals surface area contributed by atoms with E-state index in [1.807, 2.05) is 18.2 Å². The number of carbonyl (C=O) groups excluding carboxylic acids is 1. The van der Waals surface area contributed by atoms with Crippen LogP contribution in [0.2, 0.25) is 5.02 Å². The van der Waals surface area contributed by atoms with Gasteiger partial charge in [0.2, 0.25) is 5.75 Å². The first kappa shape index (κ1) is 18.7. The zero-order chi connectivity index (χ0) is 19.4. The van der Waals surface area contributed by atoms with Gasteiger partial charge in [-0.05, 0) is 24.3 Å². The molecule has 0 spiro atoms. The molecule has 140 valence electrons. The van der Waals surface area contributed by atoms with Crippen molar-refractivity contribution in [3.8, 4) is 28.6 Å². The highest BCUT2D eigenvalue weighted by molar-refractivity contribution is 6.33. The van der Waals surface area contributed by atoms with E-state index in [1.54, 1.807) is 30.3 Å². The fourth-order valence-corrected chi connectivity index (χ4v) is 2.84. The van der Waals surface area contributed by atoms with Crippen LogP contribution in [0.3, 0.4) is 0 Å². The largest absolute Gasteiger partial charge is 0.493 e. The minimum atomic E-state index is -0.414. The van der Waals surface area contributed by atoms with E-state index in [0.717, 1.165) is 0 Å². The van der Waals surface area contributed by atoms with Crippen LogP contribution in [-0.4, -0.2) is 27.2 Å². The summed E-state index contributed by atoms with van der Waals surface area (Å²) in [6.45, 7) is 0. The minimum Gasteiger partial charge on any atom is -0.493 e. The summed E-state index contributed by atoms with van der Waals surface area (Å²) >= 11 is 6.17. The molecule has 3 aromatic rings. The van der Waals surface area contributed by atoms with Gasteiger partial charge in [0.05, 0.1) is 26.4 Å². The van der Waals surface area contributed by atoms with Gasteiger partial charge >= 0.3 is 0 Å². The summed E-state index contributed by atoms with van der Waals surface area (Å²) in [5.41, 5.74) is 1.19. The van der Waals surface area contributed by atoms with E-state index < -0.39 is 5.91 Å². The van der Waals surface area contributed by atoms with Crippen molar-refractivity contribution in [3.63, 3.8) is 0 Å². The Morgan fingerprint density at radius 2 is 1.63 bits per heavy atom. The van der Waals surface area contributed by atoms with Gasteiger partial charge in [-0.25, -0.2) is 0 Å². The Morgan fingerprint density at radius 3 is 2.22 bits per heavy atom. The summed E-state index contributed by atoms with van der Waals surface area (Å²) < 4.78 is 21.5. The lowest BCUT2D eigenvalue weighted by Crippen LogP contribution is -2.11. The topological polar surface area (TPSA) is 69.9 Å². The molecule has 2 aromatic carbocycles. The fraction of sp³-hybridized carbons (Fsp3) is 0.150. The molecule has 1 aromatic heterocycles. The van der Waals surface area contributed by atoms with Crippen LogP contribution in [0.25, 0.3) is 11.3 Å². The Labute approximate surface area is 161 Å². The van der Waals surface area contributed by atoms with Crippen molar-refractivity contribution >= 4 is 23.2 Å². The van der Waals surface area contributed by atoms with Gasteiger partial charge in [0.1, 0.15) is 5.76 Å². The number of benzene rings is 2. The number of rotatable bonds is 6. The maximum atomic E-state index is 12.5. The molecule has 0 bridgehead atoms. The number of hydrogen-bond donors (Lipinski definition) is 1. The molecule has 0 saturated carbocycles. The normalized spacial score (nSPS) is 10.4. The molecule has 0 atom stereocenters. The molecule has 3 rings (SSSR count). The number of carbonyl (C=O) groups is 1. The monoisotopic (exact) mass is 387 g/mol. The molecular weight excluding hydrogens is 370 g/mol. The Kier molecular flexibility index (Phi) is 5.57. The third kappa shape index (κ3) is 3.85. The second-order valence-electron chi connectivity index (χ2n) is 5.51.